The Morgan fingerprint density at radius 2 is 1.68 bits per heavy atom. The summed E-state index contributed by atoms with van der Waals surface area (Å²) in [6, 6.07) is 9.96. The molecule has 38 heavy (non-hydrogen) atoms. The minimum absolute atomic E-state index is 0.0803. The van der Waals surface area contributed by atoms with Crippen molar-refractivity contribution in [2.24, 2.45) is 0 Å². The molecule has 1 atom stereocenters. The second kappa shape index (κ2) is 14.8. The number of hydrogen-bond acceptors (Lipinski definition) is 4. The average Bonchev–Trinajstić information content (AvgIpc) is 2.85. The quantitative estimate of drug-likeness (QED) is 0.281. The highest BCUT2D eigenvalue weighted by atomic mass is 35.5. The van der Waals surface area contributed by atoms with Gasteiger partial charge in [-0.2, -0.15) is 0 Å². The summed E-state index contributed by atoms with van der Waals surface area (Å²) in [5.74, 6) is -0.440. The molecule has 0 bridgehead atoms. The Kier molecular flexibility index (Phi) is 12.4. The number of halogens is 2. The molecule has 0 saturated heterocycles. The third kappa shape index (κ3) is 9.17. The summed E-state index contributed by atoms with van der Waals surface area (Å²) in [6.45, 7) is 8.68. The van der Waals surface area contributed by atoms with Crippen molar-refractivity contribution in [2.75, 3.05) is 23.7 Å². The molecule has 7 nitrogen and oxygen atoms in total. The topological polar surface area (TPSA) is 86.8 Å². The fraction of sp³-hybridized carbons (Fsp3) is 0.500. The van der Waals surface area contributed by atoms with Gasteiger partial charge in [0.25, 0.3) is 0 Å². The van der Waals surface area contributed by atoms with Gasteiger partial charge in [0.2, 0.25) is 21.8 Å². The van der Waals surface area contributed by atoms with E-state index in [-0.39, 0.29) is 31.3 Å². The number of amides is 2. The van der Waals surface area contributed by atoms with Gasteiger partial charge < -0.3 is 10.2 Å². The van der Waals surface area contributed by atoms with Crippen LogP contribution in [-0.2, 0) is 26.2 Å². The number of rotatable bonds is 14. The first-order valence-corrected chi connectivity index (χ1v) is 15.6. The predicted octanol–water partition coefficient (Wildman–Crippen LogP) is 5.88. The molecule has 0 aliphatic heterocycles. The van der Waals surface area contributed by atoms with E-state index in [4.69, 9.17) is 23.2 Å². The van der Waals surface area contributed by atoms with Crippen molar-refractivity contribution in [1.29, 1.82) is 0 Å². The standard InChI is InChI=1S/C28H39Cl2N3O4S/c1-6-8-15-31-28(35)26(7-2)32(19-22-12-14-24(29)25(30)18-22)27(34)10-9-16-33(38(5,36)37)23-13-11-20(3)21(4)17-23/h11-14,17-18,26H,6-10,15-16,19H2,1-5H3,(H,31,35). The number of unbranched alkanes of at least 4 members (excludes halogenated alkanes) is 1. The van der Waals surface area contributed by atoms with E-state index in [2.05, 4.69) is 5.32 Å². The lowest BCUT2D eigenvalue weighted by molar-refractivity contribution is -0.141. The summed E-state index contributed by atoms with van der Waals surface area (Å²) < 4.78 is 26.4. The van der Waals surface area contributed by atoms with Crippen molar-refractivity contribution in [3.8, 4) is 0 Å². The highest BCUT2D eigenvalue weighted by molar-refractivity contribution is 7.92. The van der Waals surface area contributed by atoms with Crippen molar-refractivity contribution in [2.45, 2.75) is 72.4 Å². The molecule has 0 aromatic heterocycles. The predicted molar refractivity (Wildman–Crippen MR) is 156 cm³/mol. The number of benzene rings is 2. The van der Waals surface area contributed by atoms with Gasteiger partial charge in [-0.05, 0) is 74.1 Å². The Balaban J connectivity index is 2.24. The van der Waals surface area contributed by atoms with E-state index in [0.717, 1.165) is 35.8 Å². The van der Waals surface area contributed by atoms with Crippen LogP contribution in [0.5, 0.6) is 0 Å². The van der Waals surface area contributed by atoms with Crippen LogP contribution in [-0.4, -0.2) is 50.5 Å². The highest BCUT2D eigenvalue weighted by Crippen LogP contribution is 2.25. The number of hydrogen-bond donors (Lipinski definition) is 1. The van der Waals surface area contributed by atoms with Gasteiger partial charge in [0.15, 0.2) is 0 Å². The first kappa shape index (κ1) is 31.9. The van der Waals surface area contributed by atoms with Gasteiger partial charge in [0.1, 0.15) is 6.04 Å². The second-order valence-corrected chi connectivity index (χ2v) is 12.3. The molecule has 2 aromatic rings. The normalized spacial score (nSPS) is 12.2. The maximum Gasteiger partial charge on any atom is 0.242 e. The van der Waals surface area contributed by atoms with Crippen LogP contribution < -0.4 is 9.62 Å². The van der Waals surface area contributed by atoms with Crippen molar-refractivity contribution < 1.29 is 18.0 Å². The van der Waals surface area contributed by atoms with Gasteiger partial charge in [-0.3, -0.25) is 13.9 Å². The molecule has 0 fully saturated rings. The van der Waals surface area contributed by atoms with Crippen LogP contribution >= 0.6 is 23.2 Å². The molecule has 1 unspecified atom stereocenters. The van der Waals surface area contributed by atoms with E-state index in [1.807, 2.05) is 39.8 Å². The molecule has 2 amide bonds. The van der Waals surface area contributed by atoms with Gasteiger partial charge >= 0.3 is 0 Å². The molecule has 210 valence electrons. The van der Waals surface area contributed by atoms with Gasteiger partial charge in [-0.15, -0.1) is 0 Å². The molecule has 0 spiro atoms. The van der Waals surface area contributed by atoms with Crippen molar-refractivity contribution in [1.82, 2.24) is 10.2 Å². The van der Waals surface area contributed by atoms with E-state index in [0.29, 0.717) is 35.1 Å². The molecule has 2 rings (SSSR count). The smallest absolute Gasteiger partial charge is 0.242 e. The SMILES string of the molecule is CCCCNC(=O)C(CC)N(Cc1ccc(Cl)c(Cl)c1)C(=O)CCCN(c1ccc(C)c(C)c1)S(C)(=O)=O. The fourth-order valence-electron chi connectivity index (χ4n) is 4.14. The number of nitrogens with one attached hydrogen (secondary N) is 1. The zero-order chi connectivity index (χ0) is 28.5. The van der Waals surface area contributed by atoms with E-state index in [1.54, 1.807) is 29.2 Å². The first-order valence-electron chi connectivity index (χ1n) is 12.9. The maximum absolute atomic E-state index is 13.5. The zero-order valence-corrected chi connectivity index (χ0v) is 25.2. The summed E-state index contributed by atoms with van der Waals surface area (Å²) in [6.07, 6.45) is 3.77. The monoisotopic (exact) mass is 583 g/mol. The summed E-state index contributed by atoms with van der Waals surface area (Å²) >= 11 is 12.3. The fourth-order valence-corrected chi connectivity index (χ4v) is 5.42. The lowest BCUT2D eigenvalue weighted by Gasteiger charge is -2.31. The molecule has 2 aromatic carbocycles. The van der Waals surface area contributed by atoms with Crippen LogP contribution in [0.1, 0.15) is 62.6 Å². The van der Waals surface area contributed by atoms with Crippen molar-refractivity contribution in [3.63, 3.8) is 0 Å². The molecular weight excluding hydrogens is 545 g/mol. The van der Waals surface area contributed by atoms with Gasteiger partial charge in [0.05, 0.1) is 22.0 Å². The summed E-state index contributed by atoms with van der Waals surface area (Å²) in [4.78, 5) is 28.1. The summed E-state index contributed by atoms with van der Waals surface area (Å²) in [7, 11) is -3.55. The lowest BCUT2D eigenvalue weighted by Crippen LogP contribution is -2.49. The number of anilines is 1. The lowest BCUT2D eigenvalue weighted by atomic mass is 10.1. The number of nitrogens with zero attached hydrogens (tertiary/aromatic N) is 2. The Bertz CT molecular complexity index is 1220. The Labute approximate surface area is 237 Å². The maximum atomic E-state index is 13.5. The van der Waals surface area contributed by atoms with Crippen LogP contribution in [0.3, 0.4) is 0 Å². The largest absolute Gasteiger partial charge is 0.354 e. The molecule has 1 N–H and O–H groups in total. The van der Waals surface area contributed by atoms with Crippen LogP contribution in [0.25, 0.3) is 0 Å². The van der Waals surface area contributed by atoms with Crippen molar-refractivity contribution >= 4 is 50.7 Å². The highest BCUT2D eigenvalue weighted by Gasteiger charge is 2.29. The molecular formula is C28H39Cl2N3O4S. The molecule has 0 radical (unpaired) electrons. The van der Waals surface area contributed by atoms with E-state index < -0.39 is 16.1 Å². The van der Waals surface area contributed by atoms with Crippen LogP contribution in [0.2, 0.25) is 10.0 Å². The van der Waals surface area contributed by atoms with E-state index in [1.165, 1.54) is 4.31 Å². The van der Waals surface area contributed by atoms with Crippen LogP contribution in [0, 0.1) is 13.8 Å². The zero-order valence-electron chi connectivity index (χ0n) is 22.9. The molecule has 0 heterocycles. The summed E-state index contributed by atoms with van der Waals surface area (Å²) in [5, 5.41) is 3.71. The van der Waals surface area contributed by atoms with Crippen LogP contribution in [0.15, 0.2) is 36.4 Å². The summed E-state index contributed by atoms with van der Waals surface area (Å²) in [5.41, 5.74) is 3.37. The van der Waals surface area contributed by atoms with Gasteiger partial charge in [-0.25, -0.2) is 8.42 Å². The van der Waals surface area contributed by atoms with Crippen molar-refractivity contribution in [3.05, 3.63) is 63.1 Å². The minimum Gasteiger partial charge on any atom is -0.354 e. The third-order valence-electron chi connectivity index (χ3n) is 6.48. The molecule has 0 aliphatic carbocycles. The number of carbonyl (C=O) groups excluding carboxylic acids is 2. The Morgan fingerprint density at radius 3 is 2.26 bits per heavy atom. The number of aryl methyl sites for hydroxylation is 2. The molecule has 10 heteroatoms. The van der Waals surface area contributed by atoms with Gasteiger partial charge in [-0.1, -0.05) is 55.6 Å². The van der Waals surface area contributed by atoms with Gasteiger partial charge in [0, 0.05) is 26.1 Å². The van der Waals surface area contributed by atoms with Crippen LogP contribution in [0.4, 0.5) is 5.69 Å². The molecule has 0 aliphatic rings. The third-order valence-corrected chi connectivity index (χ3v) is 8.42. The molecule has 0 saturated carbocycles. The van der Waals surface area contributed by atoms with E-state index >= 15 is 0 Å². The first-order chi connectivity index (χ1) is 17.9. The Morgan fingerprint density at radius 1 is 0.974 bits per heavy atom. The second-order valence-electron chi connectivity index (χ2n) is 9.55. The average molecular weight is 585 g/mol. The number of carbonyl (C=O) groups is 2. The Hall–Kier alpha value is -2.29. The number of sulfonamides is 1. The van der Waals surface area contributed by atoms with E-state index in [9.17, 15) is 18.0 Å². The minimum atomic E-state index is -3.55.